The first kappa shape index (κ1) is 6.90. The van der Waals surface area contributed by atoms with Crippen molar-refractivity contribution in [1.29, 1.82) is 0 Å². The monoisotopic (exact) mass is 164 g/mol. The van der Waals surface area contributed by atoms with E-state index in [-0.39, 0.29) is 5.82 Å². The maximum Gasteiger partial charge on any atom is 0.184 e. The molecule has 60 valence electrons. The Hall–Kier alpha value is -1.78. The van der Waals surface area contributed by atoms with Crippen molar-refractivity contribution in [1.82, 2.24) is 19.5 Å². The lowest BCUT2D eigenvalue weighted by Crippen LogP contribution is -1.98. The summed E-state index contributed by atoms with van der Waals surface area (Å²) in [5.74, 6) is -0.252. The summed E-state index contributed by atoms with van der Waals surface area (Å²) in [7, 11) is 0. The molecule has 0 aliphatic heterocycles. The average Bonchev–Trinajstić information content (AvgIpc) is 2.57. The Bertz CT molecular complexity index is 371. The number of hydrogen-bond acceptors (Lipinski definition) is 3. The van der Waals surface area contributed by atoms with Crippen LogP contribution >= 0.6 is 0 Å². The quantitative estimate of drug-likeness (QED) is 0.626. The van der Waals surface area contributed by atoms with Crippen LogP contribution in [0.15, 0.2) is 31.2 Å². The zero-order valence-corrected chi connectivity index (χ0v) is 6.05. The maximum atomic E-state index is 13.0. The molecule has 0 aromatic carbocycles. The van der Waals surface area contributed by atoms with Gasteiger partial charge in [0.15, 0.2) is 11.6 Å². The van der Waals surface area contributed by atoms with Gasteiger partial charge < -0.3 is 0 Å². The highest BCUT2D eigenvalue weighted by Gasteiger charge is 2.03. The molecule has 0 saturated heterocycles. The zero-order chi connectivity index (χ0) is 8.39. The fourth-order valence-corrected chi connectivity index (χ4v) is 0.881. The van der Waals surface area contributed by atoms with Crippen LogP contribution in [0.2, 0.25) is 0 Å². The van der Waals surface area contributed by atoms with Crippen LogP contribution in [-0.4, -0.2) is 19.5 Å². The summed E-state index contributed by atoms with van der Waals surface area (Å²) >= 11 is 0. The second-order valence-corrected chi connectivity index (χ2v) is 2.16. The minimum absolute atomic E-state index is 0.211. The summed E-state index contributed by atoms with van der Waals surface area (Å²) in [6.07, 6.45) is 7.05. The lowest BCUT2D eigenvalue weighted by molar-refractivity contribution is 0.601. The van der Waals surface area contributed by atoms with Crippen molar-refractivity contribution < 1.29 is 4.39 Å². The Labute approximate surface area is 67.7 Å². The van der Waals surface area contributed by atoms with Crippen molar-refractivity contribution in [2.24, 2.45) is 0 Å². The standard InChI is InChI=1S/C7H5FN4/c8-6-3-10-4-11-7(6)12-2-1-9-5-12/h1-5H. The lowest BCUT2D eigenvalue weighted by Gasteiger charge is -1.99. The summed E-state index contributed by atoms with van der Waals surface area (Å²) < 4.78 is 14.5. The van der Waals surface area contributed by atoms with Crippen molar-refractivity contribution in [3.63, 3.8) is 0 Å². The van der Waals surface area contributed by atoms with Crippen LogP contribution < -0.4 is 0 Å². The van der Waals surface area contributed by atoms with Crippen molar-refractivity contribution in [3.8, 4) is 5.82 Å². The van der Waals surface area contributed by atoms with Crippen LogP contribution in [0.3, 0.4) is 0 Å². The van der Waals surface area contributed by atoms with Gasteiger partial charge in [0.25, 0.3) is 0 Å². The van der Waals surface area contributed by atoms with E-state index in [9.17, 15) is 4.39 Å². The molecule has 0 radical (unpaired) electrons. The molecule has 0 amide bonds. The van der Waals surface area contributed by atoms with Gasteiger partial charge in [0.05, 0.1) is 6.20 Å². The number of imidazole rings is 1. The highest BCUT2D eigenvalue weighted by Crippen LogP contribution is 2.05. The largest absolute Gasteiger partial charge is 0.288 e. The van der Waals surface area contributed by atoms with Gasteiger partial charge >= 0.3 is 0 Å². The summed E-state index contributed by atoms with van der Waals surface area (Å²) in [4.78, 5) is 11.1. The van der Waals surface area contributed by atoms with E-state index in [0.29, 0.717) is 0 Å². The van der Waals surface area contributed by atoms with E-state index in [1.165, 1.54) is 17.2 Å². The number of aromatic nitrogens is 4. The molecule has 5 heteroatoms. The molecule has 0 spiro atoms. The molecule has 0 aliphatic carbocycles. The van der Waals surface area contributed by atoms with Crippen molar-refractivity contribution >= 4 is 0 Å². The van der Waals surface area contributed by atoms with E-state index in [1.807, 2.05) is 0 Å². The Morgan fingerprint density at radius 3 is 2.92 bits per heavy atom. The Morgan fingerprint density at radius 1 is 1.33 bits per heavy atom. The normalized spacial score (nSPS) is 10.1. The molecule has 0 fully saturated rings. The van der Waals surface area contributed by atoms with E-state index >= 15 is 0 Å². The SMILES string of the molecule is Fc1cncnc1-n1ccnc1. The first-order valence-electron chi connectivity index (χ1n) is 3.32. The first-order chi connectivity index (χ1) is 5.88. The van der Waals surface area contributed by atoms with Crippen LogP contribution in [0.4, 0.5) is 4.39 Å². The predicted molar refractivity (Wildman–Crippen MR) is 39.1 cm³/mol. The van der Waals surface area contributed by atoms with Gasteiger partial charge in [-0.05, 0) is 0 Å². The van der Waals surface area contributed by atoms with Crippen LogP contribution in [0, 0.1) is 5.82 Å². The molecule has 12 heavy (non-hydrogen) atoms. The van der Waals surface area contributed by atoms with Crippen molar-refractivity contribution in [3.05, 3.63) is 37.1 Å². The third-order valence-corrected chi connectivity index (χ3v) is 1.40. The van der Waals surface area contributed by atoms with Gasteiger partial charge in [-0.25, -0.2) is 19.3 Å². The number of rotatable bonds is 1. The van der Waals surface area contributed by atoms with E-state index in [4.69, 9.17) is 0 Å². The molecule has 2 aromatic heterocycles. The number of halogens is 1. The van der Waals surface area contributed by atoms with Gasteiger partial charge in [-0.3, -0.25) is 4.57 Å². The molecule has 0 saturated carbocycles. The van der Waals surface area contributed by atoms with Crippen LogP contribution in [0.5, 0.6) is 0 Å². The Morgan fingerprint density at radius 2 is 2.25 bits per heavy atom. The second kappa shape index (κ2) is 2.69. The molecule has 2 rings (SSSR count). The zero-order valence-electron chi connectivity index (χ0n) is 6.05. The van der Waals surface area contributed by atoms with Crippen LogP contribution in [-0.2, 0) is 0 Å². The van der Waals surface area contributed by atoms with Crippen molar-refractivity contribution in [2.45, 2.75) is 0 Å². The third kappa shape index (κ3) is 1.05. The summed E-state index contributed by atoms with van der Waals surface area (Å²) in [5, 5.41) is 0. The summed E-state index contributed by atoms with van der Waals surface area (Å²) in [6.45, 7) is 0. The van der Waals surface area contributed by atoms with Gasteiger partial charge in [0.1, 0.15) is 12.7 Å². The van der Waals surface area contributed by atoms with E-state index < -0.39 is 5.82 Å². The van der Waals surface area contributed by atoms with Gasteiger partial charge in [-0.2, -0.15) is 0 Å². The molecular weight excluding hydrogens is 159 g/mol. The average molecular weight is 164 g/mol. The van der Waals surface area contributed by atoms with Gasteiger partial charge in [-0.15, -0.1) is 0 Å². The van der Waals surface area contributed by atoms with E-state index in [1.54, 1.807) is 12.4 Å². The molecule has 0 N–H and O–H groups in total. The molecule has 4 nitrogen and oxygen atoms in total. The van der Waals surface area contributed by atoms with Crippen LogP contribution in [0.25, 0.3) is 5.82 Å². The Balaban J connectivity index is 2.55. The summed E-state index contributed by atoms with van der Waals surface area (Å²) in [5.41, 5.74) is 0. The fourth-order valence-electron chi connectivity index (χ4n) is 0.881. The maximum absolute atomic E-state index is 13.0. The van der Waals surface area contributed by atoms with E-state index in [0.717, 1.165) is 6.20 Å². The van der Waals surface area contributed by atoms with Gasteiger partial charge in [0.2, 0.25) is 0 Å². The van der Waals surface area contributed by atoms with Gasteiger partial charge in [-0.1, -0.05) is 0 Å². The van der Waals surface area contributed by atoms with E-state index in [2.05, 4.69) is 15.0 Å². The highest BCUT2D eigenvalue weighted by molar-refractivity contribution is 5.20. The number of nitrogens with zero attached hydrogens (tertiary/aromatic N) is 4. The predicted octanol–water partition coefficient (Wildman–Crippen LogP) is 0.801. The molecule has 0 aliphatic rings. The minimum atomic E-state index is -0.462. The topological polar surface area (TPSA) is 43.6 Å². The summed E-state index contributed by atoms with van der Waals surface area (Å²) in [6, 6.07) is 0. The molecule has 0 bridgehead atoms. The number of hydrogen-bond donors (Lipinski definition) is 0. The second-order valence-electron chi connectivity index (χ2n) is 2.16. The molecule has 0 atom stereocenters. The van der Waals surface area contributed by atoms with Gasteiger partial charge in [0, 0.05) is 12.4 Å². The Kier molecular flexibility index (Phi) is 1.55. The molecule has 2 aromatic rings. The third-order valence-electron chi connectivity index (χ3n) is 1.40. The van der Waals surface area contributed by atoms with Crippen LogP contribution in [0.1, 0.15) is 0 Å². The highest BCUT2D eigenvalue weighted by atomic mass is 19.1. The lowest BCUT2D eigenvalue weighted by atomic mass is 10.5. The molecule has 0 unspecified atom stereocenters. The smallest absolute Gasteiger partial charge is 0.184 e. The minimum Gasteiger partial charge on any atom is -0.288 e. The molecular formula is C7H5FN4. The van der Waals surface area contributed by atoms with Crippen molar-refractivity contribution in [2.75, 3.05) is 0 Å². The first-order valence-corrected chi connectivity index (χ1v) is 3.32. The molecule has 2 heterocycles. The fraction of sp³-hybridized carbons (Fsp3) is 0.